The fourth-order valence-electron chi connectivity index (χ4n) is 3.16. The SMILES string of the molecule is O=C(c1ccc(=O)n(-c2ccc(F)cc2)n1)N1CCCCC1CCO. The molecule has 0 aliphatic carbocycles. The van der Waals surface area contributed by atoms with Gasteiger partial charge in [-0.05, 0) is 56.0 Å². The number of aliphatic hydroxyl groups is 1. The minimum atomic E-state index is -0.413. The Morgan fingerprint density at radius 1 is 1.20 bits per heavy atom. The molecular weight excluding hydrogens is 325 g/mol. The maximum atomic E-state index is 13.1. The second-order valence-corrected chi connectivity index (χ2v) is 6.11. The van der Waals surface area contributed by atoms with Crippen LogP contribution in [0.4, 0.5) is 4.39 Å². The number of halogens is 1. The molecule has 1 aliphatic rings. The fraction of sp³-hybridized carbons (Fsp3) is 0.389. The number of amides is 1. The van der Waals surface area contributed by atoms with Gasteiger partial charge in [0.15, 0.2) is 0 Å². The summed E-state index contributed by atoms with van der Waals surface area (Å²) in [6.07, 6.45) is 3.31. The van der Waals surface area contributed by atoms with Crippen LogP contribution in [0.25, 0.3) is 5.69 Å². The summed E-state index contributed by atoms with van der Waals surface area (Å²) >= 11 is 0. The van der Waals surface area contributed by atoms with E-state index < -0.39 is 11.4 Å². The summed E-state index contributed by atoms with van der Waals surface area (Å²) in [7, 11) is 0. The highest BCUT2D eigenvalue weighted by Crippen LogP contribution is 2.21. The number of aliphatic hydroxyl groups excluding tert-OH is 1. The highest BCUT2D eigenvalue weighted by Gasteiger charge is 2.28. The number of likely N-dealkylation sites (tertiary alicyclic amines) is 1. The first-order valence-electron chi connectivity index (χ1n) is 8.38. The van der Waals surface area contributed by atoms with Crippen molar-refractivity contribution in [3.05, 3.63) is 58.3 Å². The molecule has 25 heavy (non-hydrogen) atoms. The van der Waals surface area contributed by atoms with Gasteiger partial charge in [0, 0.05) is 25.3 Å². The van der Waals surface area contributed by atoms with Crippen LogP contribution in [0.1, 0.15) is 36.2 Å². The first-order valence-corrected chi connectivity index (χ1v) is 8.38. The van der Waals surface area contributed by atoms with Crippen LogP contribution >= 0.6 is 0 Å². The second kappa shape index (κ2) is 7.57. The molecule has 1 amide bonds. The number of piperidine rings is 1. The zero-order chi connectivity index (χ0) is 17.8. The lowest BCUT2D eigenvalue weighted by atomic mass is 9.99. The van der Waals surface area contributed by atoms with Crippen molar-refractivity contribution in [2.24, 2.45) is 0 Å². The third kappa shape index (κ3) is 3.76. The van der Waals surface area contributed by atoms with E-state index in [1.54, 1.807) is 4.90 Å². The smallest absolute Gasteiger partial charge is 0.274 e. The summed E-state index contributed by atoms with van der Waals surface area (Å²) < 4.78 is 14.2. The molecule has 1 N–H and O–H groups in total. The molecule has 0 spiro atoms. The Balaban J connectivity index is 1.92. The average Bonchev–Trinajstić information content (AvgIpc) is 2.63. The van der Waals surface area contributed by atoms with Gasteiger partial charge in [-0.1, -0.05) is 0 Å². The van der Waals surface area contributed by atoms with Gasteiger partial charge in [-0.2, -0.15) is 9.78 Å². The number of aromatic nitrogens is 2. The zero-order valence-electron chi connectivity index (χ0n) is 13.8. The molecule has 0 bridgehead atoms. The van der Waals surface area contributed by atoms with Crippen molar-refractivity contribution in [3.63, 3.8) is 0 Å². The maximum absolute atomic E-state index is 13.1. The number of benzene rings is 1. The van der Waals surface area contributed by atoms with E-state index in [1.807, 2.05) is 0 Å². The molecule has 0 saturated carbocycles. The number of carbonyl (C=O) groups is 1. The Labute approximate surface area is 144 Å². The number of hydrogen-bond donors (Lipinski definition) is 1. The molecule has 3 rings (SSSR count). The van der Waals surface area contributed by atoms with Gasteiger partial charge in [-0.25, -0.2) is 4.39 Å². The predicted octanol–water partition coefficient (Wildman–Crippen LogP) is 1.75. The van der Waals surface area contributed by atoms with E-state index in [1.165, 1.54) is 36.4 Å². The average molecular weight is 345 g/mol. The van der Waals surface area contributed by atoms with Crippen LogP contribution in [0, 0.1) is 5.82 Å². The molecule has 1 atom stereocenters. The molecule has 1 aromatic carbocycles. The molecular formula is C18H20FN3O3. The fourth-order valence-corrected chi connectivity index (χ4v) is 3.16. The first-order chi connectivity index (χ1) is 12.1. The lowest BCUT2D eigenvalue weighted by Crippen LogP contribution is -2.45. The highest BCUT2D eigenvalue weighted by atomic mass is 19.1. The van der Waals surface area contributed by atoms with Gasteiger partial charge < -0.3 is 10.0 Å². The Bertz CT molecular complexity index is 802. The van der Waals surface area contributed by atoms with Gasteiger partial charge in [-0.3, -0.25) is 9.59 Å². The highest BCUT2D eigenvalue weighted by molar-refractivity contribution is 5.92. The minimum Gasteiger partial charge on any atom is -0.396 e. The van der Waals surface area contributed by atoms with E-state index in [2.05, 4.69) is 5.10 Å². The van der Waals surface area contributed by atoms with Crippen LogP contribution in [0.2, 0.25) is 0 Å². The van der Waals surface area contributed by atoms with Crippen molar-refractivity contribution in [3.8, 4) is 5.69 Å². The number of hydrogen-bond acceptors (Lipinski definition) is 4. The number of nitrogens with zero attached hydrogens (tertiary/aromatic N) is 3. The molecule has 132 valence electrons. The molecule has 6 nitrogen and oxygen atoms in total. The van der Waals surface area contributed by atoms with Crippen molar-refractivity contribution in [1.29, 1.82) is 0 Å². The molecule has 1 aliphatic heterocycles. The Morgan fingerprint density at radius 3 is 2.68 bits per heavy atom. The topological polar surface area (TPSA) is 75.4 Å². The quantitative estimate of drug-likeness (QED) is 0.916. The monoisotopic (exact) mass is 345 g/mol. The minimum absolute atomic E-state index is 0.0146. The van der Waals surface area contributed by atoms with Gasteiger partial charge in [0.05, 0.1) is 5.69 Å². The van der Waals surface area contributed by atoms with E-state index in [9.17, 15) is 19.1 Å². The van der Waals surface area contributed by atoms with Crippen LogP contribution in [0.3, 0.4) is 0 Å². The van der Waals surface area contributed by atoms with E-state index >= 15 is 0 Å². The van der Waals surface area contributed by atoms with Crippen LogP contribution in [0.5, 0.6) is 0 Å². The van der Waals surface area contributed by atoms with Gasteiger partial charge in [0.1, 0.15) is 11.5 Å². The number of carbonyl (C=O) groups excluding carboxylic acids is 1. The van der Waals surface area contributed by atoms with Gasteiger partial charge in [0.2, 0.25) is 0 Å². The standard InChI is InChI=1S/C18H20FN3O3/c19-13-4-6-15(7-5-13)22-17(24)9-8-16(20-22)18(25)21-11-2-1-3-14(21)10-12-23/h4-9,14,23H,1-3,10-12H2. The molecule has 1 aromatic heterocycles. The summed E-state index contributed by atoms with van der Waals surface area (Å²) in [5.74, 6) is -0.668. The summed E-state index contributed by atoms with van der Waals surface area (Å²) in [6.45, 7) is 0.637. The number of rotatable bonds is 4. The maximum Gasteiger partial charge on any atom is 0.274 e. The summed E-state index contributed by atoms with van der Waals surface area (Å²) in [4.78, 5) is 26.6. The Hall–Kier alpha value is -2.54. The van der Waals surface area contributed by atoms with Crippen molar-refractivity contribution in [2.45, 2.75) is 31.7 Å². The Kier molecular flexibility index (Phi) is 5.23. The summed E-state index contributed by atoms with van der Waals surface area (Å²) in [6, 6.07) is 8.03. The molecule has 7 heteroatoms. The summed E-state index contributed by atoms with van der Waals surface area (Å²) in [5.41, 5.74) is 0.161. The second-order valence-electron chi connectivity index (χ2n) is 6.11. The van der Waals surface area contributed by atoms with Crippen LogP contribution < -0.4 is 5.56 Å². The normalized spacial score (nSPS) is 17.5. The molecule has 1 fully saturated rings. The summed E-state index contributed by atoms with van der Waals surface area (Å²) in [5, 5.41) is 13.4. The van der Waals surface area contributed by atoms with Crippen molar-refractivity contribution >= 4 is 5.91 Å². The lowest BCUT2D eigenvalue weighted by molar-refractivity contribution is 0.0566. The van der Waals surface area contributed by atoms with Crippen molar-refractivity contribution in [2.75, 3.05) is 13.2 Å². The third-order valence-electron chi connectivity index (χ3n) is 4.44. The molecule has 2 aromatic rings. The first kappa shape index (κ1) is 17.3. The van der Waals surface area contributed by atoms with Crippen LogP contribution in [-0.2, 0) is 0 Å². The van der Waals surface area contributed by atoms with E-state index in [-0.39, 0.29) is 24.2 Å². The third-order valence-corrected chi connectivity index (χ3v) is 4.44. The van der Waals surface area contributed by atoms with E-state index in [0.29, 0.717) is 18.7 Å². The molecule has 2 heterocycles. The van der Waals surface area contributed by atoms with Crippen molar-refractivity contribution in [1.82, 2.24) is 14.7 Å². The molecule has 0 radical (unpaired) electrons. The molecule has 1 saturated heterocycles. The van der Waals surface area contributed by atoms with Gasteiger partial charge in [-0.15, -0.1) is 0 Å². The largest absolute Gasteiger partial charge is 0.396 e. The van der Waals surface area contributed by atoms with E-state index in [4.69, 9.17) is 0 Å². The molecule has 1 unspecified atom stereocenters. The Morgan fingerprint density at radius 2 is 1.96 bits per heavy atom. The lowest BCUT2D eigenvalue weighted by Gasteiger charge is -2.35. The predicted molar refractivity (Wildman–Crippen MR) is 90.2 cm³/mol. The van der Waals surface area contributed by atoms with Crippen LogP contribution in [0.15, 0.2) is 41.2 Å². The van der Waals surface area contributed by atoms with E-state index in [0.717, 1.165) is 23.9 Å². The van der Waals surface area contributed by atoms with Crippen LogP contribution in [-0.4, -0.2) is 44.9 Å². The van der Waals surface area contributed by atoms with Gasteiger partial charge >= 0.3 is 0 Å². The zero-order valence-corrected chi connectivity index (χ0v) is 13.8. The van der Waals surface area contributed by atoms with Crippen molar-refractivity contribution < 1.29 is 14.3 Å². The van der Waals surface area contributed by atoms with Gasteiger partial charge in [0.25, 0.3) is 11.5 Å².